The Hall–Kier alpha value is -1.29. The number of carbonyl (C=O) groups is 1. The third kappa shape index (κ3) is 2.39. The van der Waals surface area contributed by atoms with Crippen molar-refractivity contribution in [2.24, 2.45) is 0 Å². The first-order valence-corrected chi connectivity index (χ1v) is 5.30. The Morgan fingerprint density at radius 2 is 2.27 bits per heavy atom. The highest BCUT2D eigenvalue weighted by molar-refractivity contribution is 5.91. The Bertz CT molecular complexity index is 321. The van der Waals surface area contributed by atoms with E-state index in [4.69, 9.17) is 4.42 Å². The van der Waals surface area contributed by atoms with Gasteiger partial charge in [-0.1, -0.05) is 12.8 Å². The van der Waals surface area contributed by atoms with Crippen LogP contribution in [-0.4, -0.2) is 23.2 Å². The van der Waals surface area contributed by atoms with Gasteiger partial charge in [0.1, 0.15) is 0 Å². The SMILES string of the molecule is O=C(N[C@H]1CCCC[C@@H]1O)c1ccco1. The molecule has 1 amide bonds. The molecule has 0 spiro atoms. The van der Waals surface area contributed by atoms with E-state index >= 15 is 0 Å². The number of aliphatic hydroxyl groups is 1. The second-order valence-corrected chi connectivity index (χ2v) is 3.91. The summed E-state index contributed by atoms with van der Waals surface area (Å²) in [5.74, 6) is 0.0544. The van der Waals surface area contributed by atoms with E-state index < -0.39 is 6.10 Å². The van der Waals surface area contributed by atoms with Crippen LogP contribution in [0.25, 0.3) is 0 Å². The third-order valence-electron chi connectivity index (χ3n) is 2.79. The number of nitrogens with one attached hydrogen (secondary N) is 1. The van der Waals surface area contributed by atoms with Gasteiger partial charge in [-0.3, -0.25) is 4.79 Å². The highest BCUT2D eigenvalue weighted by atomic mass is 16.3. The van der Waals surface area contributed by atoms with Crippen molar-refractivity contribution in [1.29, 1.82) is 0 Å². The molecule has 4 nitrogen and oxygen atoms in total. The van der Waals surface area contributed by atoms with Crippen LogP contribution < -0.4 is 5.32 Å². The number of hydrogen-bond donors (Lipinski definition) is 2. The van der Waals surface area contributed by atoms with Crippen LogP contribution in [0.15, 0.2) is 22.8 Å². The molecule has 1 aliphatic rings. The lowest BCUT2D eigenvalue weighted by atomic mass is 9.92. The van der Waals surface area contributed by atoms with Gasteiger partial charge in [0.2, 0.25) is 0 Å². The summed E-state index contributed by atoms with van der Waals surface area (Å²) in [4.78, 5) is 11.6. The van der Waals surface area contributed by atoms with Crippen molar-refractivity contribution >= 4 is 5.91 Å². The number of hydrogen-bond acceptors (Lipinski definition) is 3. The average Bonchev–Trinajstić information content (AvgIpc) is 2.74. The molecule has 0 unspecified atom stereocenters. The molecule has 2 N–H and O–H groups in total. The maximum Gasteiger partial charge on any atom is 0.287 e. The topological polar surface area (TPSA) is 62.5 Å². The molecule has 1 aliphatic carbocycles. The minimum atomic E-state index is -0.419. The van der Waals surface area contributed by atoms with E-state index in [1.807, 2.05) is 0 Å². The Kier molecular flexibility index (Phi) is 3.06. The lowest BCUT2D eigenvalue weighted by Crippen LogP contribution is -2.44. The minimum Gasteiger partial charge on any atom is -0.459 e. The van der Waals surface area contributed by atoms with E-state index in [0.29, 0.717) is 5.76 Å². The molecular formula is C11H15NO3. The summed E-state index contributed by atoms with van der Waals surface area (Å²) in [6.45, 7) is 0. The van der Waals surface area contributed by atoms with Gasteiger partial charge in [0.25, 0.3) is 5.91 Å². The van der Waals surface area contributed by atoms with Gasteiger partial charge in [0.15, 0.2) is 5.76 Å². The molecular weight excluding hydrogens is 194 g/mol. The summed E-state index contributed by atoms with van der Waals surface area (Å²) >= 11 is 0. The van der Waals surface area contributed by atoms with Crippen LogP contribution in [0.5, 0.6) is 0 Å². The van der Waals surface area contributed by atoms with E-state index in [1.165, 1.54) is 6.26 Å². The molecule has 0 aliphatic heterocycles. The van der Waals surface area contributed by atoms with Gasteiger partial charge in [-0.05, 0) is 25.0 Å². The molecule has 82 valence electrons. The number of amides is 1. The molecule has 1 aromatic heterocycles. The fourth-order valence-corrected chi connectivity index (χ4v) is 1.93. The fraction of sp³-hybridized carbons (Fsp3) is 0.545. The van der Waals surface area contributed by atoms with Crippen molar-refractivity contribution in [2.45, 2.75) is 37.8 Å². The quantitative estimate of drug-likeness (QED) is 0.772. The van der Waals surface area contributed by atoms with Crippen LogP contribution in [-0.2, 0) is 0 Å². The van der Waals surface area contributed by atoms with Crippen molar-refractivity contribution in [3.05, 3.63) is 24.2 Å². The zero-order valence-electron chi connectivity index (χ0n) is 8.48. The molecule has 1 heterocycles. The van der Waals surface area contributed by atoms with Gasteiger partial charge in [0, 0.05) is 0 Å². The average molecular weight is 209 g/mol. The third-order valence-corrected chi connectivity index (χ3v) is 2.79. The zero-order valence-corrected chi connectivity index (χ0v) is 8.48. The summed E-state index contributed by atoms with van der Waals surface area (Å²) in [5, 5.41) is 12.5. The van der Waals surface area contributed by atoms with Gasteiger partial charge in [-0.2, -0.15) is 0 Å². The maximum atomic E-state index is 11.6. The Balaban J connectivity index is 1.93. The van der Waals surface area contributed by atoms with Crippen LogP contribution in [0, 0.1) is 0 Å². The van der Waals surface area contributed by atoms with Crippen molar-refractivity contribution in [2.75, 3.05) is 0 Å². The van der Waals surface area contributed by atoms with Gasteiger partial charge in [-0.25, -0.2) is 0 Å². The smallest absolute Gasteiger partial charge is 0.287 e. The van der Waals surface area contributed by atoms with E-state index in [2.05, 4.69) is 5.32 Å². The highest BCUT2D eigenvalue weighted by Gasteiger charge is 2.25. The Labute approximate surface area is 88.3 Å². The summed E-state index contributed by atoms with van der Waals surface area (Å²) in [6.07, 6.45) is 4.75. The predicted octanol–water partition coefficient (Wildman–Crippen LogP) is 1.31. The molecule has 2 rings (SSSR count). The number of aliphatic hydroxyl groups excluding tert-OH is 1. The molecule has 0 bridgehead atoms. The largest absolute Gasteiger partial charge is 0.459 e. The van der Waals surface area contributed by atoms with Gasteiger partial charge >= 0.3 is 0 Å². The summed E-state index contributed by atoms with van der Waals surface area (Å²) < 4.78 is 4.98. The molecule has 0 aromatic carbocycles. The first-order chi connectivity index (χ1) is 7.27. The first-order valence-electron chi connectivity index (χ1n) is 5.30. The molecule has 0 radical (unpaired) electrons. The van der Waals surface area contributed by atoms with E-state index in [0.717, 1.165) is 25.7 Å². The Morgan fingerprint density at radius 1 is 1.47 bits per heavy atom. The molecule has 2 atom stereocenters. The highest BCUT2D eigenvalue weighted by Crippen LogP contribution is 2.18. The number of furan rings is 1. The summed E-state index contributed by atoms with van der Waals surface area (Å²) in [7, 11) is 0. The van der Waals surface area contributed by atoms with Gasteiger partial charge in [0.05, 0.1) is 18.4 Å². The van der Waals surface area contributed by atoms with Crippen LogP contribution in [0.4, 0.5) is 0 Å². The predicted molar refractivity (Wildman–Crippen MR) is 54.4 cm³/mol. The van der Waals surface area contributed by atoms with Crippen molar-refractivity contribution in [1.82, 2.24) is 5.32 Å². The van der Waals surface area contributed by atoms with Crippen LogP contribution in [0.3, 0.4) is 0 Å². The van der Waals surface area contributed by atoms with Gasteiger partial charge in [-0.15, -0.1) is 0 Å². The molecule has 15 heavy (non-hydrogen) atoms. The number of carbonyl (C=O) groups excluding carboxylic acids is 1. The molecule has 1 fully saturated rings. The van der Waals surface area contributed by atoms with Crippen molar-refractivity contribution < 1.29 is 14.3 Å². The Morgan fingerprint density at radius 3 is 2.93 bits per heavy atom. The van der Waals surface area contributed by atoms with Crippen molar-refractivity contribution in [3.63, 3.8) is 0 Å². The first kappa shape index (κ1) is 10.2. The van der Waals surface area contributed by atoms with Crippen LogP contribution in [0.2, 0.25) is 0 Å². The standard InChI is InChI=1S/C11H15NO3/c13-9-5-2-1-4-8(9)12-11(14)10-6-3-7-15-10/h3,6-9,13H,1-2,4-5H2,(H,12,14)/t8-,9-/m0/s1. The molecule has 0 saturated heterocycles. The van der Waals surface area contributed by atoms with Crippen molar-refractivity contribution in [3.8, 4) is 0 Å². The summed E-state index contributed by atoms with van der Waals surface area (Å²) in [5.41, 5.74) is 0. The second kappa shape index (κ2) is 4.49. The normalized spacial score (nSPS) is 26.2. The number of rotatable bonds is 2. The zero-order chi connectivity index (χ0) is 10.7. The lowest BCUT2D eigenvalue weighted by molar-refractivity contribution is 0.0698. The van der Waals surface area contributed by atoms with E-state index in [-0.39, 0.29) is 11.9 Å². The lowest BCUT2D eigenvalue weighted by Gasteiger charge is -2.27. The molecule has 4 heteroatoms. The van der Waals surface area contributed by atoms with Crippen LogP contribution in [0.1, 0.15) is 36.2 Å². The molecule has 1 aromatic rings. The van der Waals surface area contributed by atoms with E-state index in [1.54, 1.807) is 12.1 Å². The van der Waals surface area contributed by atoms with Gasteiger partial charge < -0.3 is 14.8 Å². The minimum absolute atomic E-state index is 0.128. The molecule has 1 saturated carbocycles. The summed E-state index contributed by atoms with van der Waals surface area (Å²) in [6, 6.07) is 3.16. The maximum absolute atomic E-state index is 11.6. The second-order valence-electron chi connectivity index (χ2n) is 3.91. The van der Waals surface area contributed by atoms with Crippen LogP contribution >= 0.6 is 0 Å². The van der Waals surface area contributed by atoms with E-state index in [9.17, 15) is 9.90 Å². The monoisotopic (exact) mass is 209 g/mol. The fourth-order valence-electron chi connectivity index (χ4n) is 1.93.